The minimum absolute atomic E-state index is 0.00381. The molecule has 0 aliphatic rings. The quantitative estimate of drug-likeness (QED) is 0.794. The second-order valence-electron chi connectivity index (χ2n) is 2.90. The summed E-state index contributed by atoms with van der Waals surface area (Å²) in [7, 11) is 6.28. The van der Waals surface area contributed by atoms with Gasteiger partial charge in [0, 0.05) is 44.4 Å². The van der Waals surface area contributed by atoms with Gasteiger partial charge in [0.05, 0.1) is 11.0 Å². The first-order chi connectivity index (χ1) is 8.07. The Balaban J connectivity index is 0.000000280. The number of rotatable bonds is 1. The van der Waals surface area contributed by atoms with Gasteiger partial charge in [0.15, 0.2) is 0 Å². The molecule has 0 saturated carbocycles. The number of halogens is 3. The lowest BCUT2D eigenvalue weighted by Crippen LogP contribution is -1.91. The molecule has 18 heavy (non-hydrogen) atoms. The zero-order chi connectivity index (χ0) is 14.0. The largest absolute Gasteiger partial charge is 0.360 e. The van der Waals surface area contributed by atoms with E-state index in [1.807, 2.05) is 0 Å². The normalized spacial score (nSPS) is 11.9. The number of aromatic amines is 1. The molecule has 2 aromatic rings. The molecule has 0 atom stereocenters. The summed E-state index contributed by atoms with van der Waals surface area (Å²) in [6.45, 7) is 0. The van der Waals surface area contributed by atoms with Crippen LogP contribution in [0.4, 0.5) is 0 Å². The maximum atomic E-state index is 10.9. The predicted molar refractivity (Wildman–Crippen MR) is 69.8 cm³/mol. The average molecular weight is 352 g/mol. The first-order valence-electron chi connectivity index (χ1n) is 4.09. The zero-order valence-electron chi connectivity index (χ0n) is 8.34. The van der Waals surface area contributed by atoms with Crippen LogP contribution in [0.2, 0.25) is 0 Å². The van der Waals surface area contributed by atoms with E-state index in [1.165, 1.54) is 12.3 Å². The Morgan fingerprint density at radius 2 is 1.67 bits per heavy atom. The van der Waals surface area contributed by atoms with E-state index in [9.17, 15) is 8.42 Å². The highest BCUT2D eigenvalue weighted by molar-refractivity contribution is 8.31. The molecule has 0 fully saturated rings. The van der Waals surface area contributed by atoms with Crippen molar-refractivity contribution in [1.82, 2.24) is 9.97 Å². The summed E-state index contributed by atoms with van der Waals surface area (Å²) in [6, 6.07) is 3.20. The molecule has 0 amide bonds. The Morgan fingerprint density at radius 3 is 2.17 bits per heavy atom. The van der Waals surface area contributed by atoms with Gasteiger partial charge >= 0.3 is 8.26 Å². The SMILES string of the molecule is O=S(=O)(Cl)Cl.O=S(=O)(Cl)c1cnc2cc[nH]c2c1. The van der Waals surface area contributed by atoms with E-state index in [4.69, 9.17) is 19.1 Å². The van der Waals surface area contributed by atoms with Crippen LogP contribution >= 0.6 is 32.0 Å². The standard InChI is InChI=1S/C7H5ClN2O2S.Cl2O2S/c8-13(11,12)5-3-7-6(10-4-5)1-2-9-7;1-5(2,3)4/h1-4,9H;. The summed E-state index contributed by atoms with van der Waals surface area (Å²) >= 11 is 0. The third-order valence-electron chi connectivity index (χ3n) is 1.66. The number of nitrogens with zero attached hydrogens (tertiary/aromatic N) is 1. The van der Waals surface area contributed by atoms with Crippen molar-refractivity contribution >= 4 is 60.4 Å². The third kappa shape index (κ3) is 5.40. The molecular weight excluding hydrogens is 347 g/mol. The summed E-state index contributed by atoms with van der Waals surface area (Å²) in [5.74, 6) is 0. The molecule has 0 spiro atoms. The number of pyridine rings is 1. The summed E-state index contributed by atoms with van der Waals surface area (Å²) in [5, 5.41) is 0. The lowest BCUT2D eigenvalue weighted by molar-refractivity contribution is 0.609. The molecule has 6 nitrogen and oxygen atoms in total. The lowest BCUT2D eigenvalue weighted by atomic mass is 10.4. The van der Waals surface area contributed by atoms with E-state index in [-0.39, 0.29) is 4.90 Å². The van der Waals surface area contributed by atoms with Crippen molar-refractivity contribution in [2.75, 3.05) is 0 Å². The zero-order valence-corrected chi connectivity index (χ0v) is 12.2. The smallest absolute Gasteiger partial charge is 0.317 e. The number of H-pyrrole nitrogens is 1. The summed E-state index contributed by atoms with van der Waals surface area (Å²) < 4.78 is 40.1. The molecule has 0 saturated heterocycles. The minimum atomic E-state index is -3.72. The van der Waals surface area contributed by atoms with Gasteiger partial charge < -0.3 is 4.98 Å². The Morgan fingerprint density at radius 1 is 1.11 bits per heavy atom. The molecule has 0 aliphatic heterocycles. The molecular formula is C7H5Cl3N2O4S2. The number of hydrogen-bond acceptors (Lipinski definition) is 5. The molecule has 0 bridgehead atoms. The van der Waals surface area contributed by atoms with Gasteiger partial charge in [-0.3, -0.25) is 4.98 Å². The van der Waals surface area contributed by atoms with Gasteiger partial charge in [0.25, 0.3) is 9.05 Å². The van der Waals surface area contributed by atoms with Gasteiger partial charge in [0.1, 0.15) is 4.90 Å². The van der Waals surface area contributed by atoms with Crippen LogP contribution in [0.25, 0.3) is 11.0 Å². The van der Waals surface area contributed by atoms with Crippen LogP contribution in [-0.2, 0) is 17.3 Å². The molecule has 2 rings (SSSR count). The van der Waals surface area contributed by atoms with Gasteiger partial charge in [-0.15, -0.1) is 0 Å². The molecule has 11 heteroatoms. The third-order valence-corrected chi connectivity index (χ3v) is 2.98. The molecule has 0 unspecified atom stereocenters. The minimum Gasteiger partial charge on any atom is -0.360 e. The average Bonchev–Trinajstić information content (AvgIpc) is 2.59. The Bertz CT molecular complexity index is 746. The number of aromatic nitrogens is 2. The molecule has 2 aromatic heterocycles. The summed E-state index contributed by atoms with van der Waals surface area (Å²) in [6.07, 6.45) is 2.92. The maximum Gasteiger partial charge on any atom is 0.317 e. The van der Waals surface area contributed by atoms with Crippen molar-refractivity contribution in [2.45, 2.75) is 4.90 Å². The van der Waals surface area contributed by atoms with E-state index in [0.717, 1.165) is 0 Å². The highest BCUT2D eigenvalue weighted by Crippen LogP contribution is 2.17. The fourth-order valence-corrected chi connectivity index (χ4v) is 1.74. The van der Waals surface area contributed by atoms with Gasteiger partial charge in [-0.05, 0) is 12.1 Å². The van der Waals surface area contributed by atoms with E-state index < -0.39 is 17.3 Å². The van der Waals surface area contributed by atoms with Crippen molar-refractivity contribution in [1.29, 1.82) is 0 Å². The van der Waals surface area contributed by atoms with Crippen molar-refractivity contribution < 1.29 is 16.8 Å². The molecule has 2 heterocycles. The summed E-state index contributed by atoms with van der Waals surface area (Å²) in [4.78, 5) is 6.76. The second-order valence-corrected chi connectivity index (χ2v) is 9.13. The van der Waals surface area contributed by atoms with Gasteiger partial charge in [-0.25, -0.2) is 8.42 Å². The number of hydrogen-bond donors (Lipinski definition) is 1. The fraction of sp³-hybridized carbons (Fsp3) is 0. The van der Waals surface area contributed by atoms with Crippen LogP contribution in [-0.4, -0.2) is 26.8 Å². The van der Waals surface area contributed by atoms with E-state index >= 15 is 0 Å². The van der Waals surface area contributed by atoms with Crippen LogP contribution in [0.5, 0.6) is 0 Å². The number of fused-ring (bicyclic) bond motifs is 1. The topological polar surface area (TPSA) is 97.0 Å². The molecule has 100 valence electrons. The number of nitrogens with one attached hydrogen (secondary N) is 1. The van der Waals surface area contributed by atoms with Crippen molar-refractivity contribution in [3.8, 4) is 0 Å². The van der Waals surface area contributed by atoms with Crippen molar-refractivity contribution in [3.63, 3.8) is 0 Å². The van der Waals surface area contributed by atoms with Crippen LogP contribution in [0.1, 0.15) is 0 Å². The molecule has 0 aromatic carbocycles. The van der Waals surface area contributed by atoms with Crippen LogP contribution < -0.4 is 0 Å². The maximum absolute atomic E-state index is 10.9. The van der Waals surface area contributed by atoms with Crippen LogP contribution in [0.15, 0.2) is 29.4 Å². The van der Waals surface area contributed by atoms with Crippen molar-refractivity contribution in [2.24, 2.45) is 0 Å². The van der Waals surface area contributed by atoms with Gasteiger partial charge in [-0.1, -0.05) is 0 Å². The van der Waals surface area contributed by atoms with Crippen molar-refractivity contribution in [3.05, 3.63) is 24.5 Å². The molecule has 0 aliphatic carbocycles. The molecule has 0 radical (unpaired) electrons. The highest BCUT2D eigenvalue weighted by atomic mass is 36.0. The van der Waals surface area contributed by atoms with E-state index in [2.05, 4.69) is 31.3 Å². The monoisotopic (exact) mass is 350 g/mol. The molecule has 1 N–H and O–H groups in total. The lowest BCUT2D eigenvalue weighted by Gasteiger charge is -1.94. The van der Waals surface area contributed by atoms with Gasteiger partial charge in [-0.2, -0.15) is 8.42 Å². The highest BCUT2D eigenvalue weighted by Gasteiger charge is 2.10. The Labute approximate surface area is 116 Å². The van der Waals surface area contributed by atoms with Gasteiger partial charge in [0.2, 0.25) is 0 Å². The Kier molecular flexibility index (Phi) is 4.84. The van der Waals surface area contributed by atoms with Crippen LogP contribution in [0, 0.1) is 0 Å². The van der Waals surface area contributed by atoms with Crippen LogP contribution in [0.3, 0.4) is 0 Å². The Hall–Kier alpha value is -0.540. The first kappa shape index (κ1) is 15.5. The summed E-state index contributed by atoms with van der Waals surface area (Å²) in [5.41, 5.74) is 1.37. The first-order valence-corrected chi connectivity index (χ1v) is 9.54. The fourth-order valence-electron chi connectivity index (χ4n) is 1.05. The second kappa shape index (κ2) is 5.62. The van der Waals surface area contributed by atoms with E-state index in [0.29, 0.717) is 11.0 Å². The van der Waals surface area contributed by atoms with E-state index in [1.54, 1.807) is 12.3 Å². The predicted octanol–water partition coefficient (Wildman–Crippen LogP) is 2.20.